The second-order valence-corrected chi connectivity index (χ2v) is 5.79. The summed E-state index contributed by atoms with van der Waals surface area (Å²) in [5.41, 5.74) is 0.561. The molecule has 1 saturated heterocycles. The summed E-state index contributed by atoms with van der Waals surface area (Å²) in [6.07, 6.45) is 0.398. The van der Waals surface area contributed by atoms with Gasteiger partial charge < -0.3 is 10.2 Å². The summed E-state index contributed by atoms with van der Waals surface area (Å²) in [5, 5.41) is 1.85. The van der Waals surface area contributed by atoms with Crippen LogP contribution in [0.3, 0.4) is 0 Å². The predicted molar refractivity (Wildman–Crippen MR) is 84.7 cm³/mol. The molecule has 1 aliphatic heterocycles. The van der Waals surface area contributed by atoms with E-state index in [1.165, 1.54) is 11.1 Å². The molecule has 26 heavy (non-hydrogen) atoms. The lowest BCUT2D eigenvalue weighted by Gasteiger charge is -2.25. The molecule has 1 atom stereocenters. The molecule has 0 aromatic carbocycles. The Morgan fingerprint density at radius 2 is 2.15 bits per heavy atom. The molecule has 2 aromatic rings. The average Bonchev–Trinajstić information content (AvgIpc) is 3.10. The highest BCUT2D eigenvalue weighted by molar-refractivity contribution is 5.85. The molecule has 1 fully saturated rings. The van der Waals surface area contributed by atoms with Gasteiger partial charge in [0.1, 0.15) is 12.6 Å². The molecule has 3 heterocycles. The third-order valence-corrected chi connectivity index (χ3v) is 3.94. The van der Waals surface area contributed by atoms with Crippen LogP contribution in [-0.2, 0) is 4.79 Å². The lowest BCUT2D eigenvalue weighted by atomic mass is 10.2. The predicted octanol–water partition coefficient (Wildman–Crippen LogP) is 2.33. The van der Waals surface area contributed by atoms with E-state index in [4.69, 9.17) is 0 Å². The Morgan fingerprint density at radius 3 is 2.85 bits per heavy atom. The zero-order valence-electron chi connectivity index (χ0n) is 13.5. The third kappa shape index (κ3) is 4.06. The molecule has 0 bridgehead atoms. The molecule has 0 saturated carbocycles. The van der Waals surface area contributed by atoms with Crippen LogP contribution in [-0.4, -0.2) is 46.2 Å². The van der Waals surface area contributed by atoms with Gasteiger partial charge in [0, 0.05) is 24.5 Å². The van der Waals surface area contributed by atoms with E-state index < -0.39 is 30.5 Å². The van der Waals surface area contributed by atoms with E-state index in [0.29, 0.717) is 24.9 Å². The third-order valence-electron chi connectivity index (χ3n) is 3.94. The second kappa shape index (κ2) is 7.22. The van der Waals surface area contributed by atoms with Crippen LogP contribution in [0.1, 0.15) is 12.8 Å². The molecule has 0 unspecified atom stereocenters. The van der Waals surface area contributed by atoms with Crippen molar-refractivity contribution in [3.63, 3.8) is 0 Å². The van der Waals surface area contributed by atoms with Gasteiger partial charge in [-0.1, -0.05) is 0 Å². The zero-order chi connectivity index (χ0) is 18.7. The van der Waals surface area contributed by atoms with Gasteiger partial charge in [-0.15, -0.1) is 0 Å². The maximum absolute atomic E-state index is 14.3. The standard InChI is InChI=1S/C16H15F4N5O/c17-11-8-22-13(10-3-1-5-21-7-10)24-14(11)25-6-2-4-12(25)15(26)23-9-16(18,19)20/h1,3,5,7-8,12H,2,4,6,9H2,(H,23,26)/t12-/m0/s1. The van der Waals surface area contributed by atoms with Crippen molar-refractivity contribution in [1.82, 2.24) is 20.3 Å². The van der Waals surface area contributed by atoms with Gasteiger partial charge in [0.25, 0.3) is 0 Å². The Hall–Kier alpha value is -2.78. The number of rotatable bonds is 4. The van der Waals surface area contributed by atoms with E-state index in [9.17, 15) is 22.4 Å². The molecule has 1 amide bonds. The Morgan fingerprint density at radius 1 is 1.35 bits per heavy atom. The van der Waals surface area contributed by atoms with Gasteiger partial charge in [0.15, 0.2) is 17.5 Å². The van der Waals surface area contributed by atoms with Crippen LogP contribution in [0.25, 0.3) is 11.4 Å². The van der Waals surface area contributed by atoms with Crippen LogP contribution in [0.5, 0.6) is 0 Å². The molecule has 1 aliphatic rings. The fourth-order valence-corrected chi connectivity index (χ4v) is 2.79. The Labute approximate surface area is 146 Å². The molecule has 0 spiro atoms. The first-order valence-electron chi connectivity index (χ1n) is 7.89. The minimum Gasteiger partial charge on any atom is -0.345 e. The molecule has 1 N–H and O–H groups in total. The molecular formula is C16H15F4N5O. The average molecular weight is 369 g/mol. The van der Waals surface area contributed by atoms with Crippen LogP contribution in [0, 0.1) is 5.82 Å². The summed E-state index contributed by atoms with van der Waals surface area (Å²) in [6, 6.07) is 2.45. The smallest absolute Gasteiger partial charge is 0.345 e. The summed E-state index contributed by atoms with van der Waals surface area (Å²) in [7, 11) is 0. The van der Waals surface area contributed by atoms with Crippen molar-refractivity contribution in [1.29, 1.82) is 0 Å². The van der Waals surface area contributed by atoms with Gasteiger partial charge in [0.05, 0.1) is 6.20 Å². The van der Waals surface area contributed by atoms with Crippen molar-refractivity contribution < 1.29 is 22.4 Å². The monoisotopic (exact) mass is 369 g/mol. The van der Waals surface area contributed by atoms with Gasteiger partial charge in [-0.05, 0) is 25.0 Å². The van der Waals surface area contributed by atoms with Crippen LogP contribution in [0.15, 0.2) is 30.7 Å². The number of anilines is 1. The number of pyridine rings is 1. The number of nitrogens with one attached hydrogen (secondary N) is 1. The Bertz CT molecular complexity index is 784. The van der Waals surface area contributed by atoms with Crippen molar-refractivity contribution >= 4 is 11.7 Å². The highest BCUT2D eigenvalue weighted by Gasteiger charge is 2.36. The van der Waals surface area contributed by atoms with Crippen molar-refractivity contribution in [3.05, 3.63) is 36.5 Å². The van der Waals surface area contributed by atoms with Gasteiger partial charge in [-0.2, -0.15) is 13.2 Å². The van der Waals surface area contributed by atoms with Gasteiger partial charge in [-0.25, -0.2) is 14.4 Å². The zero-order valence-corrected chi connectivity index (χ0v) is 13.5. The number of hydrogen-bond donors (Lipinski definition) is 1. The van der Waals surface area contributed by atoms with Crippen molar-refractivity contribution in [3.8, 4) is 11.4 Å². The highest BCUT2D eigenvalue weighted by Crippen LogP contribution is 2.28. The Balaban J connectivity index is 1.84. The SMILES string of the molecule is O=C(NCC(F)(F)F)[C@@H]1CCCN1c1nc(-c2cccnc2)ncc1F. The number of aromatic nitrogens is 3. The first-order chi connectivity index (χ1) is 12.3. The lowest BCUT2D eigenvalue weighted by Crippen LogP contribution is -2.46. The highest BCUT2D eigenvalue weighted by atomic mass is 19.4. The van der Waals surface area contributed by atoms with E-state index in [1.54, 1.807) is 18.3 Å². The first kappa shape index (κ1) is 18.0. The summed E-state index contributed by atoms with van der Waals surface area (Å²) in [5.74, 6) is -1.44. The van der Waals surface area contributed by atoms with Gasteiger partial charge in [-0.3, -0.25) is 9.78 Å². The van der Waals surface area contributed by atoms with Crippen LogP contribution < -0.4 is 10.2 Å². The number of carbonyl (C=O) groups excluding carboxylic acids is 1. The van der Waals surface area contributed by atoms with E-state index in [2.05, 4.69) is 15.0 Å². The first-order valence-corrected chi connectivity index (χ1v) is 7.89. The van der Waals surface area contributed by atoms with Crippen LogP contribution >= 0.6 is 0 Å². The number of alkyl halides is 3. The van der Waals surface area contributed by atoms with Crippen LogP contribution in [0.2, 0.25) is 0 Å². The number of carbonyl (C=O) groups is 1. The minimum absolute atomic E-state index is 0.108. The fourth-order valence-electron chi connectivity index (χ4n) is 2.79. The Kier molecular flexibility index (Phi) is 5.01. The number of hydrogen-bond acceptors (Lipinski definition) is 5. The van der Waals surface area contributed by atoms with Crippen molar-refractivity contribution in [2.45, 2.75) is 25.1 Å². The summed E-state index contributed by atoms with van der Waals surface area (Å²) in [6.45, 7) is -1.12. The van der Waals surface area contributed by atoms with Gasteiger partial charge in [0.2, 0.25) is 5.91 Å². The largest absolute Gasteiger partial charge is 0.405 e. The van der Waals surface area contributed by atoms with E-state index >= 15 is 0 Å². The molecular weight excluding hydrogens is 354 g/mol. The summed E-state index contributed by atoms with van der Waals surface area (Å²) < 4.78 is 51.2. The summed E-state index contributed by atoms with van der Waals surface area (Å²) in [4.78, 5) is 25.5. The number of amides is 1. The van der Waals surface area contributed by atoms with E-state index in [1.807, 2.05) is 5.32 Å². The minimum atomic E-state index is -4.51. The molecule has 0 radical (unpaired) electrons. The maximum atomic E-state index is 14.3. The number of nitrogens with zero attached hydrogens (tertiary/aromatic N) is 4. The molecule has 3 rings (SSSR count). The normalized spacial score (nSPS) is 17.4. The fraction of sp³-hybridized carbons (Fsp3) is 0.375. The maximum Gasteiger partial charge on any atom is 0.405 e. The second-order valence-electron chi connectivity index (χ2n) is 5.79. The molecule has 0 aliphatic carbocycles. The molecule has 2 aromatic heterocycles. The molecule has 10 heteroatoms. The van der Waals surface area contributed by atoms with E-state index in [-0.39, 0.29) is 11.6 Å². The van der Waals surface area contributed by atoms with Crippen LogP contribution in [0.4, 0.5) is 23.4 Å². The van der Waals surface area contributed by atoms with E-state index in [0.717, 1.165) is 6.20 Å². The lowest BCUT2D eigenvalue weighted by molar-refractivity contribution is -0.139. The molecule has 138 valence electrons. The quantitative estimate of drug-likeness (QED) is 0.838. The molecule has 6 nitrogen and oxygen atoms in total. The number of halogens is 4. The van der Waals surface area contributed by atoms with Crippen molar-refractivity contribution in [2.75, 3.05) is 18.0 Å². The topological polar surface area (TPSA) is 71.0 Å². The van der Waals surface area contributed by atoms with Crippen molar-refractivity contribution in [2.24, 2.45) is 0 Å². The summed E-state index contributed by atoms with van der Waals surface area (Å²) >= 11 is 0. The van der Waals surface area contributed by atoms with Gasteiger partial charge >= 0.3 is 6.18 Å².